The van der Waals surface area contributed by atoms with E-state index in [2.05, 4.69) is 25.8 Å². The third-order valence-corrected chi connectivity index (χ3v) is 3.60. The van der Waals surface area contributed by atoms with Gasteiger partial charge in [-0.15, -0.1) is 0 Å². The van der Waals surface area contributed by atoms with E-state index in [1.807, 2.05) is 18.2 Å². The van der Waals surface area contributed by atoms with Gasteiger partial charge in [0.2, 0.25) is 0 Å². The lowest BCUT2D eigenvalue weighted by atomic mass is 9.86. The van der Waals surface area contributed by atoms with Crippen molar-refractivity contribution < 1.29 is 9.90 Å². The summed E-state index contributed by atoms with van der Waals surface area (Å²) in [6.45, 7) is 6.90. The average molecular weight is 286 g/mol. The first-order valence-electron chi connectivity index (χ1n) is 7.20. The number of nitrogens with zero attached hydrogens (tertiary/aromatic N) is 1. The van der Waals surface area contributed by atoms with Crippen molar-refractivity contribution in [2.75, 3.05) is 6.54 Å². The molecule has 2 rings (SSSR count). The molecule has 0 atom stereocenters. The molecule has 4 nitrogen and oxygen atoms in total. The number of fused-ring (bicyclic) bond motifs is 1. The van der Waals surface area contributed by atoms with Gasteiger partial charge in [-0.05, 0) is 48.6 Å². The molecule has 0 aliphatic rings. The van der Waals surface area contributed by atoms with Crippen molar-refractivity contribution in [3.05, 3.63) is 41.1 Å². The fourth-order valence-corrected chi connectivity index (χ4v) is 2.34. The molecular formula is C17H22N2O2. The summed E-state index contributed by atoms with van der Waals surface area (Å²) in [5, 5.41) is 10.2. The van der Waals surface area contributed by atoms with Gasteiger partial charge in [-0.25, -0.2) is 4.79 Å². The number of carbonyl (C=O) groups is 1. The van der Waals surface area contributed by atoms with Crippen LogP contribution < -0.4 is 5.73 Å². The molecule has 21 heavy (non-hydrogen) atoms. The third kappa shape index (κ3) is 3.39. The van der Waals surface area contributed by atoms with Gasteiger partial charge in [0.1, 0.15) is 0 Å². The van der Waals surface area contributed by atoms with Crippen LogP contribution in [0.2, 0.25) is 0 Å². The fourth-order valence-electron chi connectivity index (χ4n) is 2.34. The molecule has 0 saturated carbocycles. The summed E-state index contributed by atoms with van der Waals surface area (Å²) in [5.41, 5.74) is 8.43. The zero-order valence-electron chi connectivity index (χ0n) is 12.8. The second-order valence-electron chi connectivity index (χ2n) is 6.34. The Morgan fingerprint density at radius 1 is 1.29 bits per heavy atom. The molecule has 0 aliphatic carbocycles. The highest BCUT2D eigenvalue weighted by atomic mass is 16.4. The molecule has 0 amide bonds. The topological polar surface area (TPSA) is 76.2 Å². The molecule has 0 radical (unpaired) electrons. The first-order valence-corrected chi connectivity index (χ1v) is 7.20. The summed E-state index contributed by atoms with van der Waals surface area (Å²) in [6.07, 6.45) is 1.51. The maximum Gasteiger partial charge on any atom is 0.336 e. The lowest BCUT2D eigenvalue weighted by Gasteiger charge is -2.20. The molecule has 0 spiro atoms. The molecule has 0 saturated heterocycles. The predicted octanol–water partition coefficient (Wildman–Crippen LogP) is 3.12. The second kappa shape index (κ2) is 5.82. The molecule has 0 aliphatic heterocycles. The zero-order chi connectivity index (χ0) is 15.6. The Hall–Kier alpha value is -1.94. The van der Waals surface area contributed by atoms with Crippen LogP contribution in [0.3, 0.4) is 0 Å². The Balaban J connectivity index is 2.62. The predicted molar refractivity (Wildman–Crippen MR) is 84.8 cm³/mol. The molecular weight excluding hydrogens is 264 g/mol. The van der Waals surface area contributed by atoms with Crippen LogP contribution in [0.5, 0.6) is 0 Å². The molecule has 0 bridgehead atoms. The molecule has 0 fully saturated rings. The van der Waals surface area contributed by atoms with Crippen LogP contribution >= 0.6 is 0 Å². The van der Waals surface area contributed by atoms with Gasteiger partial charge >= 0.3 is 5.97 Å². The van der Waals surface area contributed by atoms with Crippen molar-refractivity contribution in [3.63, 3.8) is 0 Å². The van der Waals surface area contributed by atoms with Gasteiger partial charge in [-0.2, -0.15) is 0 Å². The Morgan fingerprint density at radius 3 is 2.57 bits per heavy atom. The molecule has 1 aromatic heterocycles. The Kier molecular flexibility index (Phi) is 4.28. The van der Waals surface area contributed by atoms with Crippen molar-refractivity contribution in [2.45, 2.75) is 39.0 Å². The van der Waals surface area contributed by atoms with Crippen LogP contribution in [-0.2, 0) is 11.8 Å². The molecule has 1 aromatic carbocycles. The highest BCUT2D eigenvalue weighted by molar-refractivity contribution is 6.02. The number of rotatable bonds is 4. The van der Waals surface area contributed by atoms with Crippen LogP contribution in [-0.4, -0.2) is 22.6 Å². The van der Waals surface area contributed by atoms with E-state index < -0.39 is 5.97 Å². The van der Waals surface area contributed by atoms with Crippen molar-refractivity contribution in [1.82, 2.24) is 4.98 Å². The maximum atomic E-state index is 11.5. The second-order valence-corrected chi connectivity index (χ2v) is 6.34. The third-order valence-electron chi connectivity index (χ3n) is 3.60. The summed E-state index contributed by atoms with van der Waals surface area (Å²) < 4.78 is 0. The summed E-state index contributed by atoms with van der Waals surface area (Å²) in [6, 6.07) is 7.55. The van der Waals surface area contributed by atoms with Crippen LogP contribution in [0.1, 0.15) is 48.8 Å². The monoisotopic (exact) mass is 286 g/mol. The van der Waals surface area contributed by atoms with E-state index in [0.717, 1.165) is 23.2 Å². The summed E-state index contributed by atoms with van der Waals surface area (Å²) in [7, 11) is 0. The van der Waals surface area contributed by atoms with Gasteiger partial charge in [0.15, 0.2) is 0 Å². The van der Waals surface area contributed by atoms with Crippen molar-refractivity contribution in [1.29, 1.82) is 0 Å². The van der Waals surface area contributed by atoms with E-state index in [0.29, 0.717) is 23.9 Å². The van der Waals surface area contributed by atoms with E-state index in [1.54, 1.807) is 6.07 Å². The normalized spacial score (nSPS) is 11.8. The number of benzene rings is 1. The highest BCUT2D eigenvalue weighted by Gasteiger charge is 2.17. The minimum atomic E-state index is -0.914. The van der Waals surface area contributed by atoms with E-state index in [4.69, 9.17) is 5.73 Å². The number of hydrogen-bond donors (Lipinski definition) is 2. The number of carboxylic acid groups (broad SMARTS) is 1. The SMILES string of the molecule is CC(C)(C)c1ccc2nc(CCCN)cc(C(=O)O)c2c1. The first-order chi connectivity index (χ1) is 9.82. The summed E-state index contributed by atoms with van der Waals surface area (Å²) in [5.74, 6) is -0.914. The number of pyridine rings is 1. The lowest BCUT2D eigenvalue weighted by molar-refractivity contribution is 0.0699. The van der Waals surface area contributed by atoms with E-state index in [-0.39, 0.29) is 5.41 Å². The first kappa shape index (κ1) is 15.4. The molecule has 2 aromatic rings. The summed E-state index contributed by atoms with van der Waals surface area (Å²) >= 11 is 0. The molecule has 0 unspecified atom stereocenters. The number of aryl methyl sites for hydroxylation is 1. The van der Waals surface area contributed by atoms with Gasteiger partial charge in [0.25, 0.3) is 0 Å². The number of carboxylic acids is 1. The Morgan fingerprint density at radius 2 is 2.00 bits per heavy atom. The number of nitrogens with two attached hydrogens (primary N) is 1. The van der Waals surface area contributed by atoms with E-state index >= 15 is 0 Å². The van der Waals surface area contributed by atoms with Crippen molar-refractivity contribution in [2.24, 2.45) is 5.73 Å². The number of aromatic nitrogens is 1. The van der Waals surface area contributed by atoms with Gasteiger partial charge < -0.3 is 10.8 Å². The lowest BCUT2D eigenvalue weighted by Crippen LogP contribution is -2.11. The average Bonchev–Trinajstić information content (AvgIpc) is 2.42. The smallest absolute Gasteiger partial charge is 0.336 e. The Labute approximate surface area is 125 Å². The van der Waals surface area contributed by atoms with E-state index in [1.165, 1.54) is 0 Å². The number of hydrogen-bond acceptors (Lipinski definition) is 3. The Bertz CT molecular complexity index is 672. The maximum absolute atomic E-state index is 11.5. The van der Waals surface area contributed by atoms with Crippen LogP contribution in [0.25, 0.3) is 10.9 Å². The summed E-state index contributed by atoms with van der Waals surface area (Å²) in [4.78, 5) is 16.1. The van der Waals surface area contributed by atoms with Crippen LogP contribution in [0, 0.1) is 0 Å². The van der Waals surface area contributed by atoms with Crippen molar-refractivity contribution in [3.8, 4) is 0 Å². The highest BCUT2D eigenvalue weighted by Crippen LogP contribution is 2.27. The van der Waals surface area contributed by atoms with Crippen LogP contribution in [0.15, 0.2) is 24.3 Å². The number of aromatic carboxylic acids is 1. The van der Waals surface area contributed by atoms with Gasteiger partial charge in [-0.1, -0.05) is 26.8 Å². The molecule has 4 heteroatoms. The van der Waals surface area contributed by atoms with Crippen LogP contribution in [0.4, 0.5) is 0 Å². The van der Waals surface area contributed by atoms with E-state index in [9.17, 15) is 9.90 Å². The minimum Gasteiger partial charge on any atom is -0.478 e. The van der Waals surface area contributed by atoms with Gasteiger partial charge in [0, 0.05) is 11.1 Å². The largest absolute Gasteiger partial charge is 0.478 e. The minimum absolute atomic E-state index is 0.0256. The van der Waals surface area contributed by atoms with Crippen molar-refractivity contribution >= 4 is 16.9 Å². The fraction of sp³-hybridized carbons (Fsp3) is 0.412. The van der Waals surface area contributed by atoms with Gasteiger partial charge in [-0.3, -0.25) is 4.98 Å². The van der Waals surface area contributed by atoms with Gasteiger partial charge in [0.05, 0.1) is 11.1 Å². The molecule has 1 heterocycles. The molecule has 3 N–H and O–H groups in total. The quantitative estimate of drug-likeness (QED) is 0.905. The molecule has 112 valence electrons. The zero-order valence-corrected chi connectivity index (χ0v) is 12.8. The standard InChI is InChI=1S/C17H22N2O2/c1-17(2,3)11-6-7-15-13(9-11)14(16(20)21)10-12(19-15)5-4-8-18/h6-7,9-10H,4-5,8,18H2,1-3H3,(H,20,21).